The molecule has 2 aliphatic rings. The number of likely N-dealkylation sites (tertiary alicyclic amines) is 1. The van der Waals surface area contributed by atoms with E-state index in [1.54, 1.807) is 6.92 Å². The number of rotatable bonds is 3. The third kappa shape index (κ3) is 2.54. The van der Waals surface area contributed by atoms with Gasteiger partial charge in [-0.15, -0.1) is 0 Å². The van der Waals surface area contributed by atoms with Crippen LogP contribution in [0.15, 0.2) is 0 Å². The molecule has 0 aromatic carbocycles. The number of hydrogen-bond donors (Lipinski definition) is 1. The average Bonchev–Trinajstić information content (AvgIpc) is 2.57. The van der Waals surface area contributed by atoms with E-state index in [2.05, 4.69) is 0 Å². The third-order valence-corrected chi connectivity index (χ3v) is 4.16. The largest absolute Gasteiger partial charge is 0.369 e. The van der Waals surface area contributed by atoms with E-state index in [1.807, 2.05) is 0 Å². The lowest BCUT2D eigenvalue weighted by Gasteiger charge is -2.29. The molecule has 1 aliphatic carbocycles. The Labute approximate surface area is 107 Å². The van der Waals surface area contributed by atoms with Crippen LogP contribution < -0.4 is 5.73 Å². The lowest BCUT2D eigenvalue weighted by atomic mass is 9.81. The van der Waals surface area contributed by atoms with E-state index in [1.165, 1.54) is 4.90 Å². The summed E-state index contributed by atoms with van der Waals surface area (Å²) in [5.74, 6) is -0.180. The van der Waals surface area contributed by atoms with E-state index in [9.17, 15) is 14.4 Å². The molecule has 1 unspecified atom stereocenters. The van der Waals surface area contributed by atoms with Gasteiger partial charge in [0.1, 0.15) is 0 Å². The van der Waals surface area contributed by atoms with Crippen LogP contribution in [0.25, 0.3) is 0 Å². The molecule has 100 valence electrons. The number of carbonyl (C=O) groups is 3. The van der Waals surface area contributed by atoms with Crippen LogP contribution in [0.3, 0.4) is 0 Å². The molecular weight excluding hydrogens is 232 g/mol. The molecule has 2 fully saturated rings. The van der Waals surface area contributed by atoms with Crippen LogP contribution >= 0.6 is 0 Å². The maximum Gasteiger partial charge on any atom is 0.232 e. The van der Waals surface area contributed by atoms with Gasteiger partial charge >= 0.3 is 0 Å². The fourth-order valence-electron chi connectivity index (χ4n) is 2.93. The van der Waals surface area contributed by atoms with Gasteiger partial charge < -0.3 is 5.73 Å². The van der Waals surface area contributed by atoms with E-state index in [0.717, 1.165) is 25.7 Å². The van der Waals surface area contributed by atoms with Gasteiger partial charge in [0, 0.05) is 24.8 Å². The highest BCUT2D eigenvalue weighted by Gasteiger charge is 2.37. The zero-order valence-electron chi connectivity index (χ0n) is 10.7. The maximum atomic E-state index is 11.8. The predicted octanol–water partition coefficient (Wildman–Crippen LogP) is 0.673. The monoisotopic (exact) mass is 252 g/mol. The predicted molar refractivity (Wildman–Crippen MR) is 65.1 cm³/mol. The maximum absolute atomic E-state index is 11.8. The van der Waals surface area contributed by atoms with Crippen LogP contribution in [0, 0.1) is 17.8 Å². The van der Waals surface area contributed by atoms with Gasteiger partial charge in [0.15, 0.2) is 0 Å². The molecule has 0 aromatic heterocycles. The van der Waals surface area contributed by atoms with Crippen molar-refractivity contribution >= 4 is 17.7 Å². The molecule has 0 radical (unpaired) electrons. The SMILES string of the molecule is CC1CC(=O)N(CC2CCC(C(N)=O)CC2)C1=O. The Morgan fingerprint density at radius 1 is 1.28 bits per heavy atom. The summed E-state index contributed by atoms with van der Waals surface area (Å²) in [5, 5.41) is 0. The van der Waals surface area contributed by atoms with Gasteiger partial charge in [-0.2, -0.15) is 0 Å². The Bertz CT molecular complexity index is 372. The first-order chi connectivity index (χ1) is 8.49. The van der Waals surface area contributed by atoms with Gasteiger partial charge in [-0.25, -0.2) is 0 Å². The molecule has 3 amide bonds. The zero-order chi connectivity index (χ0) is 13.3. The van der Waals surface area contributed by atoms with Crippen molar-refractivity contribution in [3.8, 4) is 0 Å². The second-order valence-electron chi connectivity index (χ2n) is 5.57. The molecule has 1 saturated heterocycles. The fraction of sp³-hybridized carbons (Fsp3) is 0.769. The minimum Gasteiger partial charge on any atom is -0.369 e. The van der Waals surface area contributed by atoms with Gasteiger partial charge in [0.25, 0.3) is 0 Å². The van der Waals surface area contributed by atoms with E-state index in [4.69, 9.17) is 5.73 Å². The zero-order valence-corrected chi connectivity index (χ0v) is 10.7. The Morgan fingerprint density at radius 2 is 1.89 bits per heavy atom. The van der Waals surface area contributed by atoms with Crippen molar-refractivity contribution in [1.82, 2.24) is 4.90 Å². The summed E-state index contributed by atoms with van der Waals surface area (Å²) in [5.41, 5.74) is 5.28. The molecule has 1 atom stereocenters. The summed E-state index contributed by atoms with van der Waals surface area (Å²) in [7, 11) is 0. The number of carbonyl (C=O) groups excluding carboxylic acids is 3. The molecule has 2 rings (SSSR count). The quantitative estimate of drug-likeness (QED) is 0.750. The van der Waals surface area contributed by atoms with Crippen molar-refractivity contribution in [2.24, 2.45) is 23.5 Å². The van der Waals surface area contributed by atoms with Gasteiger partial charge in [-0.05, 0) is 31.6 Å². The van der Waals surface area contributed by atoms with Gasteiger partial charge in [0.05, 0.1) is 0 Å². The second kappa shape index (κ2) is 5.08. The number of imide groups is 1. The lowest BCUT2D eigenvalue weighted by molar-refractivity contribution is -0.140. The standard InChI is InChI=1S/C13H20N2O3/c1-8-6-11(16)15(13(8)18)7-9-2-4-10(5-3-9)12(14)17/h8-10H,2-7H2,1H3,(H2,14,17). The van der Waals surface area contributed by atoms with Crippen molar-refractivity contribution in [1.29, 1.82) is 0 Å². The van der Waals surface area contributed by atoms with Crippen molar-refractivity contribution in [2.45, 2.75) is 39.0 Å². The summed E-state index contributed by atoms with van der Waals surface area (Å²) < 4.78 is 0. The molecule has 5 nitrogen and oxygen atoms in total. The Morgan fingerprint density at radius 3 is 2.33 bits per heavy atom. The molecule has 0 spiro atoms. The Hall–Kier alpha value is -1.39. The smallest absolute Gasteiger partial charge is 0.232 e. The van der Waals surface area contributed by atoms with Gasteiger partial charge in [-0.1, -0.05) is 6.92 Å². The van der Waals surface area contributed by atoms with E-state index in [-0.39, 0.29) is 29.6 Å². The fourth-order valence-corrected chi connectivity index (χ4v) is 2.93. The van der Waals surface area contributed by atoms with Crippen molar-refractivity contribution < 1.29 is 14.4 Å². The normalized spacial score (nSPS) is 32.9. The lowest BCUT2D eigenvalue weighted by Crippen LogP contribution is -2.37. The highest BCUT2D eigenvalue weighted by atomic mass is 16.2. The highest BCUT2D eigenvalue weighted by molar-refractivity contribution is 6.03. The molecule has 5 heteroatoms. The van der Waals surface area contributed by atoms with Crippen molar-refractivity contribution in [3.63, 3.8) is 0 Å². The molecule has 1 saturated carbocycles. The number of nitrogens with zero attached hydrogens (tertiary/aromatic N) is 1. The molecule has 2 N–H and O–H groups in total. The highest BCUT2D eigenvalue weighted by Crippen LogP contribution is 2.30. The van der Waals surface area contributed by atoms with Crippen molar-refractivity contribution in [2.75, 3.05) is 6.54 Å². The van der Waals surface area contributed by atoms with Gasteiger partial charge in [-0.3, -0.25) is 19.3 Å². The first-order valence-electron chi connectivity index (χ1n) is 6.62. The van der Waals surface area contributed by atoms with E-state index >= 15 is 0 Å². The minimum absolute atomic E-state index is 0.0230. The number of hydrogen-bond acceptors (Lipinski definition) is 3. The molecule has 1 aliphatic heterocycles. The minimum atomic E-state index is -0.226. The second-order valence-corrected chi connectivity index (χ2v) is 5.57. The summed E-state index contributed by atoms with van der Waals surface area (Å²) >= 11 is 0. The molecule has 1 heterocycles. The molecule has 0 bridgehead atoms. The summed E-state index contributed by atoms with van der Waals surface area (Å²) in [6.07, 6.45) is 3.66. The van der Waals surface area contributed by atoms with Crippen LogP contribution in [0.2, 0.25) is 0 Å². The van der Waals surface area contributed by atoms with E-state index in [0.29, 0.717) is 18.9 Å². The van der Waals surface area contributed by atoms with Crippen LogP contribution in [0.1, 0.15) is 39.0 Å². The summed E-state index contributed by atoms with van der Waals surface area (Å²) in [6, 6.07) is 0. The van der Waals surface area contributed by atoms with Crippen LogP contribution in [0.5, 0.6) is 0 Å². The first kappa shape index (κ1) is 13.1. The van der Waals surface area contributed by atoms with E-state index < -0.39 is 0 Å². The van der Waals surface area contributed by atoms with Crippen molar-refractivity contribution in [3.05, 3.63) is 0 Å². The number of amides is 3. The molecular formula is C13H20N2O3. The topological polar surface area (TPSA) is 80.5 Å². The van der Waals surface area contributed by atoms with Crippen LogP contribution in [-0.2, 0) is 14.4 Å². The summed E-state index contributed by atoms with van der Waals surface area (Å²) in [6.45, 7) is 2.32. The third-order valence-electron chi connectivity index (χ3n) is 4.16. The first-order valence-corrected chi connectivity index (χ1v) is 6.62. The average molecular weight is 252 g/mol. The molecule has 18 heavy (non-hydrogen) atoms. The Balaban J connectivity index is 1.87. The number of primary amides is 1. The summed E-state index contributed by atoms with van der Waals surface area (Å²) in [4.78, 5) is 35.9. The number of nitrogens with two attached hydrogens (primary N) is 1. The van der Waals surface area contributed by atoms with Crippen LogP contribution in [0.4, 0.5) is 0 Å². The van der Waals surface area contributed by atoms with Gasteiger partial charge in [0.2, 0.25) is 17.7 Å². The molecule has 0 aromatic rings. The van der Waals surface area contributed by atoms with Crippen LogP contribution in [-0.4, -0.2) is 29.2 Å². The Kier molecular flexibility index (Phi) is 3.68.